The third-order valence-electron chi connectivity index (χ3n) is 4.55. The summed E-state index contributed by atoms with van der Waals surface area (Å²) in [5, 5.41) is 6.75. The Morgan fingerprint density at radius 3 is 2.47 bits per heavy atom. The monoisotopic (exact) mass is 455 g/mol. The first-order chi connectivity index (χ1) is 15.5. The molecule has 0 spiro atoms. The summed E-state index contributed by atoms with van der Waals surface area (Å²) in [5.41, 5.74) is 1.56. The number of methoxy groups -OCH3 is 2. The van der Waals surface area contributed by atoms with Crippen molar-refractivity contribution in [2.24, 2.45) is 0 Å². The number of carbonyl (C=O) groups excluding carboxylic acids is 1. The van der Waals surface area contributed by atoms with Crippen LogP contribution >= 0.6 is 11.6 Å². The van der Waals surface area contributed by atoms with Crippen LogP contribution in [0.25, 0.3) is 0 Å². The molecule has 0 fully saturated rings. The Kier molecular flexibility index (Phi) is 8.24. The minimum atomic E-state index is -0.334. The van der Waals surface area contributed by atoms with Gasteiger partial charge in [-0.3, -0.25) is 0 Å². The van der Waals surface area contributed by atoms with Gasteiger partial charge in [-0.1, -0.05) is 23.7 Å². The number of rotatable bonds is 9. The highest BCUT2D eigenvalue weighted by atomic mass is 35.5. The van der Waals surface area contributed by atoms with Gasteiger partial charge < -0.3 is 20.1 Å². The van der Waals surface area contributed by atoms with Gasteiger partial charge in [0.05, 0.1) is 19.4 Å². The van der Waals surface area contributed by atoms with Gasteiger partial charge in [-0.2, -0.15) is 4.98 Å². The second kappa shape index (κ2) is 11.3. The molecule has 0 radical (unpaired) electrons. The largest absolute Gasteiger partial charge is 0.497 e. The van der Waals surface area contributed by atoms with Gasteiger partial charge in [0.15, 0.2) is 0 Å². The number of urea groups is 1. The quantitative estimate of drug-likeness (QED) is 0.489. The van der Waals surface area contributed by atoms with Gasteiger partial charge in [0.1, 0.15) is 11.6 Å². The molecule has 1 heterocycles. The molecule has 0 aliphatic heterocycles. The summed E-state index contributed by atoms with van der Waals surface area (Å²) in [4.78, 5) is 23.5. The molecule has 0 unspecified atom stereocenters. The molecule has 168 valence electrons. The minimum absolute atomic E-state index is 0.00316. The van der Waals surface area contributed by atoms with E-state index in [-0.39, 0.29) is 12.1 Å². The van der Waals surface area contributed by atoms with Crippen LogP contribution in [0, 0.1) is 0 Å². The van der Waals surface area contributed by atoms with Crippen molar-refractivity contribution < 1.29 is 14.3 Å². The number of nitrogens with zero attached hydrogens (tertiary/aromatic N) is 3. The second-order valence-electron chi connectivity index (χ2n) is 7.06. The van der Waals surface area contributed by atoms with E-state index in [0.717, 1.165) is 5.56 Å². The molecule has 9 heteroatoms. The summed E-state index contributed by atoms with van der Waals surface area (Å²) < 4.78 is 10.4. The zero-order valence-corrected chi connectivity index (χ0v) is 19.0. The number of hydrogen-bond acceptors (Lipinski definition) is 6. The molecule has 1 atom stereocenters. The zero-order valence-electron chi connectivity index (χ0n) is 18.2. The number of benzene rings is 2. The Hall–Kier alpha value is -3.36. The summed E-state index contributed by atoms with van der Waals surface area (Å²) in [7, 11) is 3.22. The third kappa shape index (κ3) is 6.32. The van der Waals surface area contributed by atoms with Gasteiger partial charge in [-0.25, -0.2) is 14.7 Å². The lowest BCUT2D eigenvalue weighted by Gasteiger charge is -2.23. The molecule has 0 saturated heterocycles. The maximum atomic E-state index is 13.2. The van der Waals surface area contributed by atoms with Crippen molar-refractivity contribution in [1.82, 2.24) is 15.3 Å². The highest BCUT2D eigenvalue weighted by Gasteiger charge is 2.20. The first-order valence-corrected chi connectivity index (χ1v) is 10.4. The fourth-order valence-electron chi connectivity index (χ4n) is 3.00. The Bertz CT molecular complexity index is 1010. The van der Waals surface area contributed by atoms with Crippen LogP contribution in [0.5, 0.6) is 5.75 Å². The molecule has 2 amide bonds. The molecule has 3 rings (SSSR count). The average molecular weight is 456 g/mol. The number of hydrogen-bond donors (Lipinski definition) is 2. The zero-order chi connectivity index (χ0) is 22.9. The number of amides is 2. The van der Waals surface area contributed by atoms with Gasteiger partial charge in [0.2, 0.25) is 5.95 Å². The lowest BCUT2D eigenvalue weighted by Crippen LogP contribution is -2.37. The highest BCUT2D eigenvalue weighted by molar-refractivity contribution is 6.30. The number of anilines is 3. The topological polar surface area (TPSA) is 88.6 Å². The van der Waals surface area contributed by atoms with Crippen LogP contribution in [0.15, 0.2) is 60.8 Å². The molecule has 32 heavy (non-hydrogen) atoms. The Morgan fingerprint density at radius 1 is 1.09 bits per heavy atom. The molecule has 8 nitrogen and oxygen atoms in total. The minimum Gasteiger partial charge on any atom is -0.497 e. The van der Waals surface area contributed by atoms with Crippen LogP contribution in [0.1, 0.15) is 12.5 Å². The van der Waals surface area contributed by atoms with Gasteiger partial charge in [0.25, 0.3) is 0 Å². The molecule has 0 aliphatic carbocycles. The summed E-state index contributed by atoms with van der Waals surface area (Å²) in [6.07, 6.45) is 1.60. The van der Waals surface area contributed by atoms with Crippen LogP contribution in [-0.4, -0.2) is 42.9 Å². The number of aromatic nitrogens is 2. The first kappa shape index (κ1) is 23.3. The predicted octanol–water partition coefficient (Wildman–Crippen LogP) is 4.63. The molecule has 0 bridgehead atoms. The van der Waals surface area contributed by atoms with E-state index < -0.39 is 0 Å². The Labute approximate surface area is 192 Å². The highest BCUT2D eigenvalue weighted by Crippen LogP contribution is 2.26. The molecule has 0 aliphatic rings. The maximum Gasteiger partial charge on any atom is 0.327 e. The van der Waals surface area contributed by atoms with Crippen molar-refractivity contribution in [3.63, 3.8) is 0 Å². The van der Waals surface area contributed by atoms with E-state index in [9.17, 15) is 4.79 Å². The normalized spacial score (nSPS) is 11.5. The molecule has 1 aromatic heterocycles. The van der Waals surface area contributed by atoms with E-state index in [1.807, 2.05) is 19.1 Å². The van der Waals surface area contributed by atoms with Gasteiger partial charge in [0, 0.05) is 37.0 Å². The van der Waals surface area contributed by atoms with E-state index in [1.54, 1.807) is 62.9 Å². The predicted molar refractivity (Wildman–Crippen MR) is 126 cm³/mol. The lowest BCUT2D eigenvalue weighted by molar-refractivity contribution is 0.190. The molecule has 3 aromatic rings. The van der Waals surface area contributed by atoms with Gasteiger partial charge in [-0.15, -0.1) is 0 Å². The van der Waals surface area contributed by atoms with Crippen LogP contribution in [0.3, 0.4) is 0 Å². The van der Waals surface area contributed by atoms with Crippen molar-refractivity contribution in [2.75, 3.05) is 31.0 Å². The molecule has 0 saturated carbocycles. The first-order valence-electron chi connectivity index (χ1n) is 10.0. The number of carbonyl (C=O) groups is 1. The second-order valence-corrected chi connectivity index (χ2v) is 7.49. The fraction of sp³-hybridized carbons (Fsp3) is 0.261. The van der Waals surface area contributed by atoms with E-state index in [2.05, 4.69) is 20.6 Å². The maximum absolute atomic E-state index is 13.2. The van der Waals surface area contributed by atoms with Crippen molar-refractivity contribution >= 4 is 35.1 Å². The molecule has 2 aromatic carbocycles. The summed E-state index contributed by atoms with van der Waals surface area (Å²) >= 11 is 5.95. The van der Waals surface area contributed by atoms with Crippen molar-refractivity contribution in [3.8, 4) is 5.75 Å². The number of ether oxygens (including phenoxy) is 2. The van der Waals surface area contributed by atoms with Crippen molar-refractivity contribution in [1.29, 1.82) is 0 Å². The number of nitrogens with one attached hydrogen (secondary N) is 2. The van der Waals surface area contributed by atoms with Crippen LogP contribution in [-0.2, 0) is 11.3 Å². The van der Waals surface area contributed by atoms with Crippen molar-refractivity contribution in [3.05, 3.63) is 71.4 Å². The van der Waals surface area contributed by atoms with Gasteiger partial charge >= 0.3 is 6.03 Å². The van der Waals surface area contributed by atoms with E-state index in [0.29, 0.717) is 41.4 Å². The molecule has 2 N–H and O–H groups in total. The average Bonchev–Trinajstić information content (AvgIpc) is 2.80. The van der Waals surface area contributed by atoms with Gasteiger partial charge in [-0.05, 0) is 48.9 Å². The molecular weight excluding hydrogens is 430 g/mol. The van der Waals surface area contributed by atoms with Crippen molar-refractivity contribution in [2.45, 2.75) is 19.5 Å². The smallest absolute Gasteiger partial charge is 0.327 e. The van der Waals surface area contributed by atoms with Crippen LogP contribution in [0.2, 0.25) is 5.02 Å². The Morgan fingerprint density at radius 2 is 1.81 bits per heavy atom. The van der Waals surface area contributed by atoms with E-state index in [1.165, 1.54) is 4.90 Å². The Balaban J connectivity index is 1.86. The fourth-order valence-corrected chi connectivity index (χ4v) is 3.13. The van der Waals surface area contributed by atoms with E-state index in [4.69, 9.17) is 21.1 Å². The molecular formula is C23H26ClN5O3. The lowest BCUT2D eigenvalue weighted by atomic mass is 10.2. The third-order valence-corrected chi connectivity index (χ3v) is 4.80. The summed E-state index contributed by atoms with van der Waals surface area (Å²) in [5.74, 6) is 1.51. The number of halogens is 1. The standard InChI is InChI=1S/C23H26ClN5O3/c1-16(15-31-2)27-22-25-13-12-21(28-22)29(19-8-10-20(32-3)11-9-19)23(30)26-14-17-4-6-18(24)7-5-17/h4-13,16H,14-15H2,1-3H3,(H,26,30)(H,25,27,28)/t16-/m0/s1. The van der Waals surface area contributed by atoms with Crippen LogP contribution < -0.4 is 20.3 Å². The summed E-state index contributed by atoms with van der Waals surface area (Å²) in [6.45, 7) is 2.79. The van der Waals surface area contributed by atoms with Crippen LogP contribution in [0.4, 0.5) is 22.2 Å². The SMILES string of the molecule is COC[C@H](C)Nc1nccc(N(C(=O)NCc2ccc(Cl)cc2)c2ccc(OC)cc2)n1. The summed E-state index contributed by atoms with van der Waals surface area (Å²) in [6, 6.07) is 15.8. The van der Waals surface area contributed by atoms with E-state index >= 15 is 0 Å².